The van der Waals surface area contributed by atoms with Gasteiger partial charge in [-0.15, -0.1) is 0 Å². The maximum absolute atomic E-state index is 12.9. The molecule has 1 N–H and O–H groups in total. The molecule has 1 aliphatic heterocycles. The lowest BCUT2D eigenvalue weighted by molar-refractivity contribution is 0.208. The zero-order chi connectivity index (χ0) is 22.8. The van der Waals surface area contributed by atoms with E-state index in [0.29, 0.717) is 13.1 Å². The molecule has 2 aromatic carbocycles. The highest BCUT2D eigenvalue weighted by Crippen LogP contribution is 2.26. The molecule has 4 rings (SSSR count). The number of aryl methyl sites for hydroxylation is 4. The molecule has 0 unspecified atom stereocenters. The molecular weight excluding hydrogens is 398 g/mol. The monoisotopic (exact) mass is 429 g/mol. The van der Waals surface area contributed by atoms with Crippen LogP contribution >= 0.6 is 0 Å². The number of carbonyl (C=O) groups is 1. The van der Waals surface area contributed by atoms with Gasteiger partial charge in [0.25, 0.3) is 0 Å². The molecule has 3 aromatic rings. The normalized spacial score (nSPS) is 13.9. The zero-order valence-corrected chi connectivity index (χ0v) is 19.6. The molecule has 1 saturated heterocycles. The number of nitrogens with one attached hydrogen (secondary N) is 1. The molecule has 6 nitrogen and oxygen atoms in total. The van der Waals surface area contributed by atoms with E-state index in [9.17, 15) is 4.79 Å². The van der Waals surface area contributed by atoms with E-state index in [-0.39, 0.29) is 6.03 Å². The third-order valence-electron chi connectivity index (χ3n) is 6.22. The minimum Gasteiger partial charge on any atom is -0.353 e. The van der Waals surface area contributed by atoms with Gasteiger partial charge < -0.3 is 15.1 Å². The number of anilines is 2. The van der Waals surface area contributed by atoms with Gasteiger partial charge in [0, 0.05) is 48.7 Å². The molecule has 0 saturated carbocycles. The Morgan fingerprint density at radius 1 is 0.875 bits per heavy atom. The Bertz CT molecular complexity index is 1130. The molecule has 166 valence electrons. The van der Waals surface area contributed by atoms with Crippen LogP contribution in [0.1, 0.15) is 27.9 Å². The van der Waals surface area contributed by atoms with Crippen LogP contribution in [0, 0.1) is 34.6 Å². The maximum Gasteiger partial charge on any atom is 0.321 e. The highest BCUT2D eigenvalue weighted by Gasteiger charge is 2.24. The van der Waals surface area contributed by atoms with E-state index in [0.717, 1.165) is 58.4 Å². The number of rotatable bonds is 3. The van der Waals surface area contributed by atoms with Crippen LogP contribution in [0.5, 0.6) is 0 Å². The molecule has 1 aliphatic rings. The Kier molecular flexibility index (Phi) is 6.12. The van der Waals surface area contributed by atoms with Crippen molar-refractivity contribution in [3.63, 3.8) is 0 Å². The number of nitrogens with zero attached hydrogens (tertiary/aromatic N) is 4. The first kappa shape index (κ1) is 21.8. The Balaban J connectivity index is 1.49. The Labute approximate surface area is 190 Å². The fourth-order valence-corrected chi connectivity index (χ4v) is 4.15. The van der Waals surface area contributed by atoms with Gasteiger partial charge in [0.05, 0.1) is 0 Å². The molecule has 1 fully saturated rings. The Hall–Kier alpha value is -3.41. The quantitative estimate of drug-likeness (QED) is 0.634. The Morgan fingerprint density at radius 2 is 1.53 bits per heavy atom. The topological polar surface area (TPSA) is 61.4 Å². The van der Waals surface area contributed by atoms with Gasteiger partial charge in [-0.2, -0.15) is 0 Å². The number of hydrogen-bond donors (Lipinski definition) is 1. The number of carbonyl (C=O) groups excluding carboxylic acids is 1. The van der Waals surface area contributed by atoms with Gasteiger partial charge in [0.2, 0.25) is 0 Å². The lowest BCUT2D eigenvalue weighted by Crippen LogP contribution is -2.50. The van der Waals surface area contributed by atoms with Crippen molar-refractivity contribution < 1.29 is 4.79 Å². The van der Waals surface area contributed by atoms with E-state index < -0.39 is 0 Å². The summed E-state index contributed by atoms with van der Waals surface area (Å²) in [6.07, 6.45) is 0. The average Bonchev–Trinajstić information content (AvgIpc) is 2.78. The van der Waals surface area contributed by atoms with Crippen molar-refractivity contribution in [2.24, 2.45) is 0 Å². The van der Waals surface area contributed by atoms with E-state index in [2.05, 4.69) is 42.3 Å². The second-order valence-electron chi connectivity index (χ2n) is 8.62. The maximum atomic E-state index is 12.9. The van der Waals surface area contributed by atoms with Crippen LogP contribution in [0.4, 0.5) is 16.3 Å². The first-order chi connectivity index (χ1) is 15.3. The number of aromatic nitrogens is 2. The highest BCUT2D eigenvalue weighted by atomic mass is 16.2. The molecule has 6 heteroatoms. The number of amides is 2. The predicted molar refractivity (Wildman–Crippen MR) is 130 cm³/mol. The summed E-state index contributed by atoms with van der Waals surface area (Å²) < 4.78 is 0. The van der Waals surface area contributed by atoms with Crippen LogP contribution in [0.15, 0.2) is 42.5 Å². The van der Waals surface area contributed by atoms with Crippen molar-refractivity contribution in [1.29, 1.82) is 0 Å². The summed E-state index contributed by atoms with van der Waals surface area (Å²) in [6.45, 7) is 13.0. The van der Waals surface area contributed by atoms with Crippen molar-refractivity contribution in [3.8, 4) is 11.4 Å². The predicted octanol–water partition coefficient (Wildman–Crippen LogP) is 5.04. The third kappa shape index (κ3) is 4.44. The first-order valence-electron chi connectivity index (χ1n) is 11.1. The van der Waals surface area contributed by atoms with Gasteiger partial charge in [-0.3, -0.25) is 0 Å². The summed E-state index contributed by atoms with van der Waals surface area (Å²) in [5.41, 5.74) is 7.36. The lowest BCUT2D eigenvalue weighted by atomic mass is 10.1. The van der Waals surface area contributed by atoms with Crippen LogP contribution in [-0.2, 0) is 0 Å². The van der Waals surface area contributed by atoms with E-state index in [1.807, 2.05) is 49.9 Å². The van der Waals surface area contributed by atoms with Gasteiger partial charge in [0.1, 0.15) is 5.82 Å². The summed E-state index contributed by atoms with van der Waals surface area (Å²) in [7, 11) is 0. The third-order valence-corrected chi connectivity index (χ3v) is 6.22. The SMILES string of the molecule is Cc1cccc(-c2nc(C)c(C)c(N3CCN(C(=O)Nc4c(C)cccc4C)CC3)n2)c1. The molecule has 0 radical (unpaired) electrons. The van der Waals surface area contributed by atoms with Gasteiger partial charge in [0.15, 0.2) is 5.82 Å². The van der Waals surface area contributed by atoms with Crippen molar-refractivity contribution >= 4 is 17.5 Å². The number of para-hydroxylation sites is 1. The first-order valence-corrected chi connectivity index (χ1v) is 11.1. The van der Waals surface area contributed by atoms with Crippen LogP contribution in [-0.4, -0.2) is 47.1 Å². The lowest BCUT2D eigenvalue weighted by Gasteiger charge is -2.36. The molecule has 1 aromatic heterocycles. The molecular formula is C26H31N5O. The van der Waals surface area contributed by atoms with E-state index >= 15 is 0 Å². The molecule has 2 amide bonds. The molecule has 0 aliphatic carbocycles. The summed E-state index contributed by atoms with van der Waals surface area (Å²) >= 11 is 0. The minimum atomic E-state index is -0.0434. The molecule has 0 atom stereocenters. The van der Waals surface area contributed by atoms with Crippen molar-refractivity contribution in [2.45, 2.75) is 34.6 Å². The van der Waals surface area contributed by atoms with Crippen LogP contribution in [0.25, 0.3) is 11.4 Å². The van der Waals surface area contributed by atoms with Crippen LogP contribution in [0.2, 0.25) is 0 Å². The van der Waals surface area contributed by atoms with E-state index in [4.69, 9.17) is 9.97 Å². The van der Waals surface area contributed by atoms with Crippen molar-refractivity contribution in [3.05, 3.63) is 70.4 Å². The summed E-state index contributed by atoms with van der Waals surface area (Å²) in [5.74, 6) is 1.71. The fraction of sp³-hybridized carbons (Fsp3) is 0.346. The standard InChI is InChI=1S/C26H31N5O/c1-17-8-6-11-22(16-17)24-27-21(5)20(4)25(29-24)30-12-14-31(15-13-30)26(32)28-23-18(2)9-7-10-19(23)3/h6-11,16H,12-15H2,1-5H3,(H,28,32). The van der Waals surface area contributed by atoms with E-state index in [1.54, 1.807) is 0 Å². The van der Waals surface area contributed by atoms with Crippen molar-refractivity contribution in [2.75, 3.05) is 36.4 Å². The van der Waals surface area contributed by atoms with Gasteiger partial charge >= 0.3 is 6.03 Å². The average molecular weight is 430 g/mol. The smallest absolute Gasteiger partial charge is 0.321 e. The van der Waals surface area contributed by atoms with E-state index in [1.165, 1.54) is 5.56 Å². The van der Waals surface area contributed by atoms with Gasteiger partial charge in [-0.25, -0.2) is 14.8 Å². The number of piperazine rings is 1. The fourth-order valence-electron chi connectivity index (χ4n) is 4.15. The minimum absolute atomic E-state index is 0.0434. The number of hydrogen-bond acceptors (Lipinski definition) is 4. The van der Waals surface area contributed by atoms with Crippen LogP contribution in [0.3, 0.4) is 0 Å². The summed E-state index contributed by atoms with van der Waals surface area (Å²) in [5, 5.41) is 3.10. The molecule has 32 heavy (non-hydrogen) atoms. The van der Waals surface area contributed by atoms with Gasteiger partial charge in [-0.1, -0.05) is 42.0 Å². The number of urea groups is 1. The van der Waals surface area contributed by atoms with Gasteiger partial charge in [-0.05, 0) is 51.8 Å². The zero-order valence-electron chi connectivity index (χ0n) is 19.6. The summed E-state index contributed by atoms with van der Waals surface area (Å²) in [6, 6.07) is 14.3. The largest absolute Gasteiger partial charge is 0.353 e. The molecule has 2 heterocycles. The number of benzene rings is 2. The Morgan fingerprint density at radius 3 is 2.19 bits per heavy atom. The van der Waals surface area contributed by atoms with Crippen molar-refractivity contribution in [1.82, 2.24) is 14.9 Å². The summed E-state index contributed by atoms with van der Waals surface area (Å²) in [4.78, 5) is 26.7. The molecule has 0 bridgehead atoms. The second kappa shape index (κ2) is 8.99. The van der Waals surface area contributed by atoms with Crippen LogP contribution < -0.4 is 10.2 Å². The molecule has 0 spiro atoms. The second-order valence-corrected chi connectivity index (χ2v) is 8.62. The highest BCUT2D eigenvalue weighted by molar-refractivity contribution is 5.91.